The molecule has 0 spiro atoms. The number of carbonyl (C=O) groups is 1. The summed E-state index contributed by atoms with van der Waals surface area (Å²) in [7, 11) is 0. The van der Waals surface area contributed by atoms with Crippen molar-refractivity contribution in [2.24, 2.45) is 0 Å². The Bertz CT molecular complexity index is 1150. The number of rotatable bonds is 4. The molecule has 0 saturated carbocycles. The van der Waals surface area contributed by atoms with E-state index in [1.807, 2.05) is 34.7 Å². The molecule has 4 heterocycles. The highest BCUT2D eigenvalue weighted by atomic mass is 32.1. The molecule has 1 fully saturated rings. The highest BCUT2D eigenvalue weighted by molar-refractivity contribution is 7.08. The Labute approximate surface area is 179 Å². The Morgan fingerprint density at radius 3 is 2.57 bits per heavy atom. The minimum Gasteiger partial charge on any atom is -0.335 e. The molecule has 6 heteroatoms. The molecule has 4 aromatic rings. The van der Waals surface area contributed by atoms with Crippen molar-refractivity contribution in [2.45, 2.75) is 6.54 Å². The molecule has 3 aromatic heterocycles. The molecule has 1 aliphatic rings. The quantitative estimate of drug-likeness (QED) is 0.499. The van der Waals surface area contributed by atoms with E-state index >= 15 is 0 Å². The monoisotopic (exact) mass is 414 g/mol. The normalized spacial score (nSPS) is 14.9. The third kappa shape index (κ3) is 3.84. The van der Waals surface area contributed by atoms with Crippen LogP contribution in [0.15, 0.2) is 71.7 Å². The number of hydrogen-bond acceptors (Lipinski definition) is 5. The first-order valence-electron chi connectivity index (χ1n) is 10.1. The van der Waals surface area contributed by atoms with Crippen LogP contribution in [0.3, 0.4) is 0 Å². The lowest BCUT2D eigenvalue weighted by atomic mass is 10.1. The van der Waals surface area contributed by atoms with E-state index in [4.69, 9.17) is 4.98 Å². The van der Waals surface area contributed by atoms with Gasteiger partial charge in [0.25, 0.3) is 5.91 Å². The molecule has 0 unspecified atom stereocenters. The van der Waals surface area contributed by atoms with E-state index in [-0.39, 0.29) is 5.91 Å². The number of amides is 1. The minimum atomic E-state index is 0.00402. The van der Waals surface area contributed by atoms with E-state index in [1.54, 1.807) is 17.5 Å². The van der Waals surface area contributed by atoms with E-state index in [0.29, 0.717) is 5.69 Å². The number of benzene rings is 1. The SMILES string of the molecule is O=C(c1ccc2cncc(-c3ccsc3)c2n1)N1CCN(Cc2ccccc2)CC1. The van der Waals surface area contributed by atoms with Crippen LogP contribution in [-0.2, 0) is 6.54 Å². The molecule has 0 atom stereocenters. The molecule has 150 valence electrons. The van der Waals surface area contributed by atoms with Crippen molar-refractivity contribution >= 4 is 28.1 Å². The molecular weight excluding hydrogens is 392 g/mol. The molecule has 5 rings (SSSR count). The number of pyridine rings is 2. The summed E-state index contributed by atoms with van der Waals surface area (Å²) >= 11 is 1.64. The predicted octanol–water partition coefficient (Wildman–Crippen LogP) is 4.32. The fourth-order valence-electron chi connectivity index (χ4n) is 3.90. The van der Waals surface area contributed by atoms with Gasteiger partial charge in [0.2, 0.25) is 0 Å². The average molecular weight is 415 g/mol. The molecule has 0 N–H and O–H groups in total. The second-order valence-electron chi connectivity index (χ2n) is 7.52. The number of nitrogens with zero attached hydrogens (tertiary/aromatic N) is 4. The Morgan fingerprint density at radius 1 is 0.967 bits per heavy atom. The number of carbonyl (C=O) groups excluding carboxylic acids is 1. The maximum Gasteiger partial charge on any atom is 0.272 e. The van der Waals surface area contributed by atoms with E-state index in [1.165, 1.54) is 5.56 Å². The zero-order valence-electron chi connectivity index (χ0n) is 16.6. The van der Waals surface area contributed by atoms with Gasteiger partial charge in [0, 0.05) is 56.1 Å². The molecule has 1 amide bonds. The van der Waals surface area contributed by atoms with Gasteiger partial charge in [0.05, 0.1) is 5.52 Å². The van der Waals surface area contributed by atoms with Gasteiger partial charge < -0.3 is 4.90 Å². The van der Waals surface area contributed by atoms with Crippen LogP contribution in [0.2, 0.25) is 0 Å². The highest BCUT2D eigenvalue weighted by Gasteiger charge is 2.23. The maximum atomic E-state index is 13.1. The number of thiophene rings is 1. The molecule has 0 aliphatic carbocycles. The van der Waals surface area contributed by atoms with Gasteiger partial charge in [-0.1, -0.05) is 30.3 Å². The fourth-order valence-corrected chi connectivity index (χ4v) is 4.56. The number of fused-ring (bicyclic) bond motifs is 1. The standard InChI is InChI=1S/C24H22N4OS/c29-24(28-11-9-27(10-12-28)16-18-4-2-1-3-5-18)22-7-6-19-14-25-15-21(23(19)26-22)20-8-13-30-17-20/h1-8,13-15,17H,9-12,16H2. The van der Waals surface area contributed by atoms with Gasteiger partial charge in [-0.2, -0.15) is 11.3 Å². The van der Waals surface area contributed by atoms with Crippen molar-refractivity contribution in [1.29, 1.82) is 0 Å². The zero-order chi connectivity index (χ0) is 20.3. The zero-order valence-corrected chi connectivity index (χ0v) is 17.4. The third-order valence-corrected chi connectivity index (χ3v) is 6.24. The van der Waals surface area contributed by atoms with Crippen LogP contribution in [0.5, 0.6) is 0 Å². The van der Waals surface area contributed by atoms with Gasteiger partial charge >= 0.3 is 0 Å². The predicted molar refractivity (Wildman–Crippen MR) is 120 cm³/mol. The van der Waals surface area contributed by atoms with Crippen LogP contribution in [0, 0.1) is 0 Å². The number of aromatic nitrogens is 2. The smallest absolute Gasteiger partial charge is 0.272 e. The Morgan fingerprint density at radius 2 is 1.80 bits per heavy atom. The topological polar surface area (TPSA) is 49.3 Å². The van der Waals surface area contributed by atoms with E-state index < -0.39 is 0 Å². The van der Waals surface area contributed by atoms with Crippen LogP contribution < -0.4 is 0 Å². The molecule has 30 heavy (non-hydrogen) atoms. The molecule has 0 bridgehead atoms. The van der Waals surface area contributed by atoms with E-state index in [2.05, 4.69) is 45.6 Å². The van der Waals surface area contributed by atoms with Gasteiger partial charge in [-0.05, 0) is 40.1 Å². The van der Waals surface area contributed by atoms with Crippen molar-refractivity contribution in [2.75, 3.05) is 26.2 Å². The van der Waals surface area contributed by atoms with E-state index in [9.17, 15) is 4.79 Å². The molecule has 0 radical (unpaired) electrons. The lowest BCUT2D eigenvalue weighted by Gasteiger charge is -2.34. The summed E-state index contributed by atoms with van der Waals surface area (Å²) in [6.45, 7) is 4.11. The Hall–Kier alpha value is -3.09. The van der Waals surface area contributed by atoms with Crippen LogP contribution in [0.1, 0.15) is 16.1 Å². The molecule has 5 nitrogen and oxygen atoms in total. The second-order valence-corrected chi connectivity index (χ2v) is 8.30. The highest BCUT2D eigenvalue weighted by Crippen LogP contribution is 2.28. The van der Waals surface area contributed by atoms with Crippen molar-refractivity contribution < 1.29 is 4.79 Å². The van der Waals surface area contributed by atoms with Crippen molar-refractivity contribution in [3.05, 3.63) is 82.9 Å². The number of piperazine rings is 1. The Balaban J connectivity index is 1.32. The van der Waals surface area contributed by atoms with Gasteiger partial charge in [-0.15, -0.1) is 0 Å². The van der Waals surface area contributed by atoms with E-state index in [0.717, 1.165) is 54.8 Å². The molecule has 1 aliphatic heterocycles. The summed E-state index contributed by atoms with van der Waals surface area (Å²) in [5, 5.41) is 5.07. The lowest BCUT2D eigenvalue weighted by Crippen LogP contribution is -2.48. The first kappa shape index (κ1) is 18.9. The largest absolute Gasteiger partial charge is 0.335 e. The van der Waals surface area contributed by atoms with Gasteiger partial charge in [-0.3, -0.25) is 14.7 Å². The van der Waals surface area contributed by atoms with Crippen LogP contribution in [-0.4, -0.2) is 51.9 Å². The van der Waals surface area contributed by atoms with Crippen molar-refractivity contribution in [3.63, 3.8) is 0 Å². The summed E-state index contributed by atoms with van der Waals surface area (Å²) in [6.07, 6.45) is 3.63. The van der Waals surface area contributed by atoms with Crippen LogP contribution in [0.4, 0.5) is 0 Å². The van der Waals surface area contributed by atoms with Crippen LogP contribution >= 0.6 is 11.3 Å². The summed E-state index contributed by atoms with van der Waals surface area (Å²) in [5.74, 6) is 0.00402. The van der Waals surface area contributed by atoms with Gasteiger partial charge in [0.15, 0.2) is 0 Å². The summed E-state index contributed by atoms with van der Waals surface area (Å²) in [4.78, 5) is 26.5. The van der Waals surface area contributed by atoms with Gasteiger partial charge in [0.1, 0.15) is 5.69 Å². The lowest BCUT2D eigenvalue weighted by molar-refractivity contribution is 0.0623. The number of hydrogen-bond donors (Lipinski definition) is 0. The third-order valence-electron chi connectivity index (χ3n) is 5.56. The maximum absolute atomic E-state index is 13.1. The summed E-state index contributed by atoms with van der Waals surface area (Å²) in [5.41, 5.74) is 4.70. The molecular formula is C24H22N4OS. The van der Waals surface area contributed by atoms with Crippen LogP contribution in [0.25, 0.3) is 22.0 Å². The first-order valence-corrected chi connectivity index (χ1v) is 11.0. The summed E-state index contributed by atoms with van der Waals surface area (Å²) < 4.78 is 0. The minimum absolute atomic E-state index is 0.00402. The van der Waals surface area contributed by atoms with Crippen molar-refractivity contribution in [3.8, 4) is 11.1 Å². The first-order chi connectivity index (χ1) is 14.8. The summed E-state index contributed by atoms with van der Waals surface area (Å²) in [6, 6.07) is 16.3. The average Bonchev–Trinajstić information content (AvgIpc) is 3.34. The van der Waals surface area contributed by atoms with Gasteiger partial charge in [-0.25, -0.2) is 4.98 Å². The second kappa shape index (κ2) is 8.34. The Kier molecular flexibility index (Phi) is 5.26. The molecule has 1 saturated heterocycles. The molecule has 1 aromatic carbocycles. The van der Waals surface area contributed by atoms with Crippen molar-refractivity contribution in [1.82, 2.24) is 19.8 Å². The fraction of sp³-hybridized carbons (Fsp3) is 0.208.